The summed E-state index contributed by atoms with van der Waals surface area (Å²) in [6, 6.07) is 7.96. The molecule has 0 aliphatic carbocycles. The summed E-state index contributed by atoms with van der Waals surface area (Å²) >= 11 is 0. The molecule has 1 saturated heterocycles. The number of rotatable bonds is 5. The number of hydrogen-bond donors (Lipinski definition) is 1. The second-order valence-corrected chi connectivity index (χ2v) is 5.81. The van der Waals surface area contributed by atoms with E-state index in [-0.39, 0.29) is 11.8 Å². The highest BCUT2D eigenvalue weighted by Crippen LogP contribution is 2.25. The lowest BCUT2D eigenvalue weighted by Crippen LogP contribution is -2.43. The van der Waals surface area contributed by atoms with Crippen LogP contribution in [0.5, 0.6) is 5.75 Å². The minimum absolute atomic E-state index is 0.0324. The Hall–Kier alpha value is -2.57. The zero-order valence-corrected chi connectivity index (χ0v) is 14.0. The largest absolute Gasteiger partial charge is 0.497 e. The highest BCUT2D eigenvalue weighted by Gasteiger charge is 2.28. The number of aromatic nitrogens is 2. The van der Waals surface area contributed by atoms with E-state index in [1.165, 1.54) is 0 Å². The fourth-order valence-corrected chi connectivity index (χ4v) is 2.88. The molecule has 0 unspecified atom stereocenters. The SMILES string of the molecule is CCNC(=O)[C@H]1CCCN(c2nc(-c3ccc(OC)cc3)no2)C1. The fourth-order valence-electron chi connectivity index (χ4n) is 2.88. The molecular formula is C17H22N4O3. The smallest absolute Gasteiger partial charge is 0.324 e. The van der Waals surface area contributed by atoms with Crippen molar-refractivity contribution < 1.29 is 14.1 Å². The fraction of sp³-hybridized carbons (Fsp3) is 0.471. The van der Waals surface area contributed by atoms with E-state index >= 15 is 0 Å². The van der Waals surface area contributed by atoms with Crippen molar-refractivity contribution >= 4 is 11.9 Å². The van der Waals surface area contributed by atoms with Gasteiger partial charge in [0.15, 0.2) is 0 Å². The van der Waals surface area contributed by atoms with Crippen molar-refractivity contribution in [3.8, 4) is 17.1 Å². The summed E-state index contributed by atoms with van der Waals surface area (Å²) in [7, 11) is 1.63. The van der Waals surface area contributed by atoms with E-state index < -0.39 is 0 Å². The van der Waals surface area contributed by atoms with Gasteiger partial charge in [0.25, 0.3) is 0 Å². The number of benzene rings is 1. The zero-order valence-electron chi connectivity index (χ0n) is 14.0. The molecule has 0 saturated carbocycles. The first kappa shape index (κ1) is 16.3. The van der Waals surface area contributed by atoms with Crippen LogP contribution in [-0.2, 0) is 4.79 Å². The molecule has 1 amide bonds. The first-order valence-corrected chi connectivity index (χ1v) is 8.22. The van der Waals surface area contributed by atoms with Gasteiger partial charge in [-0.05, 0) is 44.0 Å². The van der Waals surface area contributed by atoms with Gasteiger partial charge in [-0.1, -0.05) is 5.16 Å². The van der Waals surface area contributed by atoms with Crippen LogP contribution in [-0.4, -0.2) is 42.8 Å². The molecule has 2 heterocycles. The molecular weight excluding hydrogens is 308 g/mol. The van der Waals surface area contributed by atoms with Crippen LogP contribution in [0.3, 0.4) is 0 Å². The van der Waals surface area contributed by atoms with Crippen molar-refractivity contribution in [2.24, 2.45) is 5.92 Å². The van der Waals surface area contributed by atoms with Crippen LogP contribution >= 0.6 is 0 Å². The van der Waals surface area contributed by atoms with Crippen molar-refractivity contribution in [2.45, 2.75) is 19.8 Å². The third-order valence-electron chi connectivity index (χ3n) is 4.18. The van der Waals surface area contributed by atoms with Gasteiger partial charge in [0.2, 0.25) is 11.7 Å². The summed E-state index contributed by atoms with van der Waals surface area (Å²) < 4.78 is 10.6. The maximum absolute atomic E-state index is 12.0. The maximum atomic E-state index is 12.0. The average Bonchev–Trinajstić information content (AvgIpc) is 3.12. The van der Waals surface area contributed by atoms with Crippen LogP contribution in [0.25, 0.3) is 11.4 Å². The Bertz CT molecular complexity index is 683. The second kappa shape index (κ2) is 7.33. The van der Waals surface area contributed by atoms with E-state index in [0.29, 0.717) is 24.9 Å². The Morgan fingerprint density at radius 1 is 1.42 bits per heavy atom. The number of anilines is 1. The van der Waals surface area contributed by atoms with Crippen LogP contribution in [0.2, 0.25) is 0 Å². The number of carbonyl (C=O) groups is 1. The van der Waals surface area contributed by atoms with Crippen LogP contribution in [0.4, 0.5) is 6.01 Å². The van der Waals surface area contributed by atoms with Gasteiger partial charge >= 0.3 is 6.01 Å². The number of ether oxygens (including phenoxy) is 1. The van der Waals surface area contributed by atoms with Crippen LogP contribution in [0.1, 0.15) is 19.8 Å². The van der Waals surface area contributed by atoms with Crippen molar-refractivity contribution in [3.63, 3.8) is 0 Å². The third-order valence-corrected chi connectivity index (χ3v) is 4.18. The monoisotopic (exact) mass is 330 g/mol. The lowest BCUT2D eigenvalue weighted by molar-refractivity contribution is -0.125. The zero-order chi connectivity index (χ0) is 16.9. The Balaban J connectivity index is 1.71. The lowest BCUT2D eigenvalue weighted by Gasteiger charge is -2.30. The van der Waals surface area contributed by atoms with Gasteiger partial charge in [-0.15, -0.1) is 0 Å². The van der Waals surface area contributed by atoms with E-state index in [0.717, 1.165) is 30.7 Å². The summed E-state index contributed by atoms with van der Waals surface area (Å²) in [6.07, 6.45) is 1.82. The standard InChI is InChI=1S/C17H22N4O3/c1-3-18-16(22)13-5-4-10-21(11-13)17-19-15(20-24-17)12-6-8-14(23-2)9-7-12/h6-9,13H,3-5,10-11H2,1-2H3,(H,18,22)/t13-/m0/s1. The molecule has 0 bridgehead atoms. The number of amides is 1. The molecule has 1 aromatic heterocycles. The van der Waals surface area contributed by atoms with E-state index in [1.54, 1.807) is 7.11 Å². The predicted octanol–water partition coefficient (Wildman–Crippen LogP) is 2.10. The third kappa shape index (κ3) is 3.50. The van der Waals surface area contributed by atoms with E-state index in [4.69, 9.17) is 9.26 Å². The van der Waals surface area contributed by atoms with Gasteiger partial charge in [-0.3, -0.25) is 4.79 Å². The molecule has 3 rings (SSSR count). The molecule has 1 fully saturated rings. The molecule has 2 aromatic rings. The van der Waals surface area contributed by atoms with Gasteiger partial charge in [0, 0.05) is 25.2 Å². The first-order chi connectivity index (χ1) is 11.7. The number of hydrogen-bond acceptors (Lipinski definition) is 6. The van der Waals surface area contributed by atoms with Crippen molar-refractivity contribution in [3.05, 3.63) is 24.3 Å². The van der Waals surface area contributed by atoms with Gasteiger partial charge in [0.1, 0.15) is 5.75 Å². The lowest BCUT2D eigenvalue weighted by atomic mass is 9.97. The minimum Gasteiger partial charge on any atom is -0.497 e. The molecule has 1 atom stereocenters. The molecule has 7 heteroatoms. The van der Waals surface area contributed by atoms with Crippen molar-refractivity contribution in [1.82, 2.24) is 15.5 Å². The number of carbonyl (C=O) groups excluding carboxylic acids is 1. The van der Waals surface area contributed by atoms with Crippen molar-refractivity contribution in [2.75, 3.05) is 31.6 Å². The molecule has 128 valence electrons. The normalized spacial score (nSPS) is 17.6. The van der Waals surface area contributed by atoms with E-state index in [2.05, 4.69) is 15.5 Å². The van der Waals surface area contributed by atoms with Gasteiger partial charge in [-0.2, -0.15) is 4.98 Å². The maximum Gasteiger partial charge on any atom is 0.324 e. The second-order valence-electron chi connectivity index (χ2n) is 5.81. The van der Waals surface area contributed by atoms with Gasteiger partial charge < -0.3 is 19.5 Å². The molecule has 1 aliphatic heterocycles. The molecule has 1 aliphatic rings. The summed E-state index contributed by atoms with van der Waals surface area (Å²) in [6.45, 7) is 4.01. The molecule has 1 N–H and O–H groups in total. The van der Waals surface area contributed by atoms with E-state index in [1.807, 2.05) is 36.1 Å². The molecule has 7 nitrogen and oxygen atoms in total. The summed E-state index contributed by atoms with van der Waals surface area (Å²) in [5.74, 6) is 1.38. The summed E-state index contributed by atoms with van der Waals surface area (Å²) in [5, 5.41) is 6.94. The molecule has 24 heavy (non-hydrogen) atoms. The molecule has 0 spiro atoms. The number of piperidine rings is 1. The highest BCUT2D eigenvalue weighted by atomic mass is 16.5. The Morgan fingerprint density at radius 3 is 2.92 bits per heavy atom. The molecule has 1 aromatic carbocycles. The number of methoxy groups -OCH3 is 1. The summed E-state index contributed by atoms with van der Waals surface area (Å²) in [5.41, 5.74) is 0.864. The molecule has 0 radical (unpaired) electrons. The Kier molecular flexibility index (Phi) is 4.98. The topological polar surface area (TPSA) is 80.5 Å². The minimum atomic E-state index is -0.0324. The number of nitrogens with zero attached hydrogens (tertiary/aromatic N) is 3. The van der Waals surface area contributed by atoms with Gasteiger partial charge in [-0.25, -0.2) is 0 Å². The number of nitrogens with one attached hydrogen (secondary N) is 1. The Morgan fingerprint density at radius 2 is 2.21 bits per heavy atom. The predicted molar refractivity (Wildman–Crippen MR) is 89.9 cm³/mol. The quantitative estimate of drug-likeness (QED) is 0.904. The average molecular weight is 330 g/mol. The van der Waals surface area contributed by atoms with Crippen LogP contribution < -0.4 is 15.0 Å². The first-order valence-electron chi connectivity index (χ1n) is 8.22. The summed E-state index contributed by atoms with van der Waals surface area (Å²) in [4.78, 5) is 18.5. The Labute approximate surface area is 141 Å². The van der Waals surface area contributed by atoms with Gasteiger partial charge in [0.05, 0.1) is 13.0 Å². The highest BCUT2D eigenvalue weighted by molar-refractivity contribution is 5.79. The van der Waals surface area contributed by atoms with Crippen LogP contribution in [0.15, 0.2) is 28.8 Å². The van der Waals surface area contributed by atoms with Crippen molar-refractivity contribution in [1.29, 1.82) is 0 Å². The van der Waals surface area contributed by atoms with E-state index in [9.17, 15) is 4.79 Å². The van der Waals surface area contributed by atoms with Crippen LogP contribution in [0, 0.1) is 5.92 Å².